The van der Waals surface area contributed by atoms with E-state index in [1.165, 1.54) is 0 Å². The van der Waals surface area contributed by atoms with E-state index in [-0.39, 0.29) is 5.92 Å². The van der Waals surface area contributed by atoms with E-state index in [0.717, 1.165) is 57.7 Å². The van der Waals surface area contributed by atoms with E-state index in [4.69, 9.17) is 0 Å². The number of rotatable bonds is 3. The number of carbonyl (C=O) groups excluding carboxylic acids is 1. The third-order valence-electron chi connectivity index (χ3n) is 5.53. The molecule has 2 aliphatic heterocycles. The van der Waals surface area contributed by atoms with Crippen molar-refractivity contribution in [2.45, 2.75) is 51.5 Å². The highest BCUT2D eigenvalue weighted by Crippen LogP contribution is 2.28. The highest BCUT2D eigenvalue weighted by molar-refractivity contribution is 5.79. The van der Waals surface area contributed by atoms with Crippen molar-refractivity contribution < 1.29 is 4.79 Å². The van der Waals surface area contributed by atoms with Crippen LogP contribution in [-0.4, -0.2) is 62.7 Å². The van der Waals surface area contributed by atoms with Crippen LogP contribution in [0.25, 0.3) is 0 Å². The van der Waals surface area contributed by atoms with E-state index in [1.54, 1.807) is 6.33 Å². The van der Waals surface area contributed by atoms with Gasteiger partial charge in [-0.1, -0.05) is 0 Å². The number of aromatic nitrogens is 3. The Morgan fingerprint density at radius 2 is 1.78 bits per heavy atom. The molecular weight excluding hydrogens is 290 g/mol. The molecule has 3 heterocycles. The Hall–Kier alpha value is -1.43. The number of aryl methyl sites for hydroxylation is 1. The highest BCUT2D eigenvalue weighted by Gasteiger charge is 2.32. The van der Waals surface area contributed by atoms with Crippen LogP contribution >= 0.6 is 0 Å². The van der Waals surface area contributed by atoms with Crippen LogP contribution in [0.1, 0.15) is 51.3 Å². The first-order valence-corrected chi connectivity index (χ1v) is 8.93. The summed E-state index contributed by atoms with van der Waals surface area (Å²) < 4.78 is 2.00. The molecule has 1 amide bonds. The van der Waals surface area contributed by atoms with Crippen LogP contribution in [-0.2, 0) is 11.8 Å². The van der Waals surface area contributed by atoms with Gasteiger partial charge in [0.15, 0.2) is 0 Å². The summed E-state index contributed by atoms with van der Waals surface area (Å²) in [6.45, 7) is 8.31. The lowest BCUT2D eigenvalue weighted by atomic mass is 9.91. The van der Waals surface area contributed by atoms with Crippen molar-refractivity contribution in [2.24, 2.45) is 13.0 Å². The molecule has 1 aromatic heterocycles. The van der Waals surface area contributed by atoms with Gasteiger partial charge in [-0.25, -0.2) is 0 Å². The smallest absolute Gasteiger partial charge is 0.225 e. The Bertz CT molecular complexity index is 525. The van der Waals surface area contributed by atoms with Crippen molar-refractivity contribution in [2.75, 3.05) is 26.2 Å². The summed E-state index contributed by atoms with van der Waals surface area (Å²) in [7, 11) is 2.00. The molecule has 0 bridgehead atoms. The maximum atomic E-state index is 12.8. The van der Waals surface area contributed by atoms with Gasteiger partial charge in [-0.15, -0.1) is 10.2 Å². The Morgan fingerprint density at radius 3 is 2.30 bits per heavy atom. The predicted molar refractivity (Wildman–Crippen MR) is 89.0 cm³/mol. The van der Waals surface area contributed by atoms with Crippen molar-refractivity contribution in [3.8, 4) is 0 Å². The molecule has 0 unspecified atom stereocenters. The van der Waals surface area contributed by atoms with Crippen LogP contribution in [0.3, 0.4) is 0 Å². The maximum absolute atomic E-state index is 12.8. The fraction of sp³-hybridized carbons (Fsp3) is 0.824. The number of likely N-dealkylation sites (tertiary alicyclic amines) is 2. The van der Waals surface area contributed by atoms with E-state index in [2.05, 4.69) is 33.8 Å². The minimum Gasteiger partial charge on any atom is -0.342 e. The maximum Gasteiger partial charge on any atom is 0.225 e. The molecule has 0 saturated carbocycles. The van der Waals surface area contributed by atoms with Gasteiger partial charge in [-0.05, 0) is 52.6 Å². The summed E-state index contributed by atoms with van der Waals surface area (Å²) in [4.78, 5) is 17.3. The first kappa shape index (κ1) is 16.4. The Morgan fingerprint density at radius 1 is 1.13 bits per heavy atom. The number of hydrogen-bond acceptors (Lipinski definition) is 4. The van der Waals surface area contributed by atoms with Crippen molar-refractivity contribution in [3.05, 3.63) is 12.2 Å². The molecular formula is C17H29N5O. The van der Waals surface area contributed by atoms with Gasteiger partial charge in [0.05, 0.1) is 0 Å². The minimum absolute atomic E-state index is 0.233. The second-order valence-corrected chi connectivity index (χ2v) is 7.30. The molecule has 3 rings (SSSR count). The summed E-state index contributed by atoms with van der Waals surface area (Å²) in [6.07, 6.45) is 5.79. The van der Waals surface area contributed by atoms with Gasteiger partial charge >= 0.3 is 0 Å². The SMILES string of the molecule is CC(C)N1CCC(C(=O)N2CCC(c3nncn3C)CC2)CC1. The summed E-state index contributed by atoms with van der Waals surface area (Å²) in [5.74, 6) is 2.11. The Labute approximate surface area is 138 Å². The van der Waals surface area contributed by atoms with Crippen molar-refractivity contribution in [3.63, 3.8) is 0 Å². The van der Waals surface area contributed by atoms with Gasteiger partial charge in [-0.3, -0.25) is 4.79 Å². The number of carbonyl (C=O) groups is 1. The van der Waals surface area contributed by atoms with Gasteiger partial charge in [0.1, 0.15) is 12.2 Å². The number of hydrogen-bond donors (Lipinski definition) is 0. The van der Waals surface area contributed by atoms with Crippen LogP contribution in [0, 0.1) is 5.92 Å². The molecule has 2 saturated heterocycles. The van der Waals surface area contributed by atoms with Gasteiger partial charge in [0.2, 0.25) is 5.91 Å². The molecule has 0 radical (unpaired) electrons. The molecule has 0 atom stereocenters. The normalized spacial score (nSPS) is 22.0. The van der Waals surface area contributed by atoms with Crippen molar-refractivity contribution >= 4 is 5.91 Å². The van der Waals surface area contributed by atoms with E-state index in [1.807, 2.05) is 11.6 Å². The quantitative estimate of drug-likeness (QED) is 0.850. The largest absolute Gasteiger partial charge is 0.342 e. The fourth-order valence-electron chi connectivity index (χ4n) is 3.94. The molecule has 0 aromatic carbocycles. The van der Waals surface area contributed by atoms with Crippen LogP contribution in [0.2, 0.25) is 0 Å². The van der Waals surface area contributed by atoms with Gasteiger partial charge in [0.25, 0.3) is 0 Å². The zero-order valence-electron chi connectivity index (χ0n) is 14.6. The third kappa shape index (κ3) is 3.57. The summed E-state index contributed by atoms with van der Waals surface area (Å²) in [5, 5.41) is 8.20. The van der Waals surface area contributed by atoms with Gasteiger partial charge in [0, 0.05) is 38.0 Å². The second kappa shape index (κ2) is 6.99. The Balaban J connectivity index is 1.50. The van der Waals surface area contributed by atoms with E-state index in [0.29, 0.717) is 17.9 Å². The molecule has 2 fully saturated rings. The lowest BCUT2D eigenvalue weighted by Gasteiger charge is -2.38. The lowest BCUT2D eigenvalue weighted by Crippen LogP contribution is -2.46. The number of amides is 1. The summed E-state index contributed by atoms with van der Waals surface area (Å²) in [5.41, 5.74) is 0. The van der Waals surface area contributed by atoms with Crippen LogP contribution < -0.4 is 0 Å². The third-order valence-corrected chi connectivity index (χ3v) is 5.53. The van der Waals surface area contributed by atoms with Crippen LogP contribution in [0.5, 0.6) is 0 Å². The first-order valence-electron chi connectivity index (χ1n) is 8.93. The van der Waals surface area contributed by atoms with Crippen LogP contribution in [0.4, 0.5) is 0 Å². The van der Waals surface area contributed by atoms with E-state index >= 15 is 0 Å². The van der Waals surface area contributed by atoms with E-state index in [9.17, 15) is 4.79 Å². The first-order chi connectivity index (χ1) is 11.1. The minimum atomic E-state index is 0.233. The monoisotopic (exact) mass is 319 g/mol. The van der Waals surface area contributed by atoms with Gasteiger partial charge < -0.3 is 14.4 Å². The molecule has 2 aliphatic rings. The summed E-state index contributed by atoms with van der Waals surface area (Å²) >= 11 is 0. The molecule has 128 valence electrons. The topological polar surface area (TPSA) is 54.3 Å². The molecule has 6 heteroatoms. The van der Waals surface area contributed by atoms with Crippen molar-refractivity contribution in [1.29, 1.82) is 0 Å². The average molecular weight is 319 g/mol. The van der Waals surface area contributed by atoms with E-state index < -0.39 is 0 Å². The molecule has 1 aromatic rings. The molecule has 0 spiro atoms. The standard InChI is InChI=1S/C17H29N5O/c1-13(2)21-8-6-15(7-9-21)17(23)22-10-4-14(5-11-22)16-19-18-12-20(16)3/h12-15H,4-11H2,1-3H3. The molecule has 0 aliphatic carbocycles. The summed E-state index contributed by atoms with van der Waals surface area (Å²) in [6, 6.07) is 0.591. The average Bonchev–Trinajstić information content (AvgIpc) is 3.00. The highest BCUT2D eigenvalue weighted by atomic mass is 16.2. The Kier molecular flexibility index (Phi) is 4.99. The second-order valence-electron chi connectivity index (χ2n) is 7.30. The molecule has 23 heavy (non-hydrogen) atoms. The predicted octanol–water partition coefficient (Wildman–Crippen LogP) is 1.64. The zero-order valence-corrected chi connectivity index (χ0v) is 14.6. The van der Waals surface area contributed by atoms with Gasteiger partial charge in [-0.2, -0.15) is 0 Å². The number of piperidine rings is 2. The van der Waals surface area contributed by atoms with Crippen molar-refractivity contribution in [1.82, 2.24) is 24.6 Å². The number of nitrogens with zero attached hydrogens (tertiary/aromatic N) is 5. The fourth-order valence-corrected chi connectivity index (χ4v) is 3.94. The molecule has 0 N–H and O–H groups in total. The molecule has 6 nitrogen and oxygen atoms in total. The van der Waals surface area contributed by atoms with Crippen LogP contribution in [0.15, 0.2) is 6.33 Å². The zero-order chi connectivity index (χ0) is 16.4. The lowest BCUT2D eigenvalue weighted by molar-refractivity contribution is -0.138.